The molecular weight excluding hydrogens is 374 g/mol. The Kier molecular flexibility index (Phi) is 5.57. The molecule has 3 rings (SSSR count). The summed E-state index contributed by atoms with van der Waals surface area (Å²) in [6, 6.07) is 17.5. The topological polar surface area (TPSA) is 100 Å². The summed E-state index contributed by atoms with van der Waals surface area (Å²) in [7, 11) is -3.47. The second-order valence-electron chi connectivity index (χ2n) is 6.29. The van der Waals surface area contributed by atoms with Gasteiger partial charge in [0.25, 0.3) is 0 Å². The first kappa shape index (κ1) is 19.3. The first-order valence-corrected chi connectivity index (χ1v) is 10.1. The number of nitrogens with one attached hydrogen (secondary N) is 1. The van der Waals surface area contributed by atoms with E-state index >= 15 is 0 Å². The molecule has 1 heterocycles. The second kappa shape index (κ2) is 8.06. The summed E-state index contributed by atoms with van der Waals surface area (Å²) < 4.78 is 26.9. The predicted octanol–water partition coefficient (Wildman–Crippen LogP) is 3.37. The summed E-state index contributed by atoms with van der Waals surface area (Å²) in [4.78, 5) is 0.216. The van der Waals surface area contributed by atoms with Gasteiger partial charge >= 0.3 is 0 Å². The Labute approximate surface area is 163 Å². The van der Waals surface area contributed by atoms with E-state index in [0.717, 1.165) is 5.56 Å². The largest absolute Gasteiger partial charge is 0.261 e. The number of nitriles is 1. The highest BCUT2D eigenvalue weighted by atomic mass is 32.2. The van der Waals surface area contributed by atoms with Crippen LogP contribution in [0.3, 0.4) is 0 Å². The molecule has 8 heteroatoms. The molecule has 0 radical (unpaired) electrons. The number of hydrogen-bond donors (Lipinski definition) is 1. The minimum Gasteiger partial charge on any atom is -0.261 e. The molecule has 0 aliphatic heterocycles. The lowest BCUT2D eigenvalue weighted by Crippen LogP contribution is -2.17. The first-order chi connectivity index (χ1) is 13.4. The maximum absolute atomic E-state index is 12.7. The SMILES string of the molecule is CC(C)S(=O)(=O)c1ccccc1-n1nccc1NN=Cc1ccc(C#N)cc1. The molecule has 142 valence electrons. The Hall–Kier alpha value is -3.44. The quantitative estimate of drug-likeness (QED) is 0.511. The van der Waals surface area contributed by atoms with Gasteiger partial charge in [-0.15, -0.1) is 0 Å². The van der Waals surface area contributed by atoms with Crippen molar-refractivity contribution in [2.75, 3.05) is 5.43 Å². The summed E-state index contributed by atoms with van der Waals surface area (Å²) in [5.74, 6) is 0.524. The third kappa shape index (κ3) is 3.94. The Morgan fingerprint density at radius 2 is 1.86 bits per heavy atom. The third-order valence-electron chi connectivity index (χ3n) is 4.10. The molecule has 1 N–H and O–H groups in total. The summed E-state index contributed by atoms with van der Waals surface area (Å²) in [6.07, 6.45) is 3.17. The maximum Gasteiger partial charge on any atom is 0.182 e. The number of benzene rings is 2. The van der Waals surface area contributed by atoms with Crippen molar-refractivity contribution in [3.05, 3.63) is 71.9 Å². The first-order valence-electron chi connectivity index (χ1n) is 8.60. The lowest BCUT2D eigenvalue weighted by molar-refractivity contribution is 0.586. The van der Waals surface area contributed by atoms with Gasteiger partial charge in [-0.05, 0) is 43.7 Å². The molecule has 0 bridgehead atoms. The van der Waals surface area contributed by atoms with Gasteiger partial charge in [-0.1, -0.05) is 24.3 Å². The average Bonchev–Trinajstić information content (AvgIpc) is 3.17. The molecule has 0 saturated heterocycles. The van der Waals surface area contributed by atoms with Crippen molar-refractivity contribution in [2.45, 2.75) is 24.0 Å². The molecule has 0 atom stereocenters. The number of sulfone groups is 1. The fraction of sp³-hybridized carbons (Fsp3) is 0.150. The van der Waals surface area contributed by atoms with Crippen LogP contribution in [0.15, 0.2) is 70.8 Å². The van der Waals surface area contributed by atoms with Gasteiger partial charge in [0, 0.05) is 6.07 Å². The fourth-order valence-corrected chi connectivity index (χ4v) is 3.75. The molecule has 0 aliphatic rings. The highest BCUT2D eigenvalue weighted by Gasteiger charge is 2.24. The van der Waals surface area contributed by atoms with Crippen molar-refractivity contribution in [2.24, 2.45) is 5.10 Å². The molecule has 0 aliphatic carbocycles. The van der Waals surface area contributed by atoms with Gasteiger partial charge in [-0.25, -0.2) is 13.1 Å². The molecule has 0 amide bonds. The van der Waals surface area contributed by atoms with E-state index < -0.39 is 15.1 Å². The zero-order valence-corrected chi connectivity index (χ0v) is 16.3. The number of hydrazone groups is 1. The normalized spacial score (nSPS) is 11.6. The highest BCUT2D eigenvalue weighted by molar-refractivity contribution is 7.92. The van der Waals surface area contributed by atoms with Crippen LogP contribution in [-0.2, 0) is 9.84 Å². The number of hydrogen-bond acceptors (Lipinski definition) is 6. The van der Waals surface area contributed by atoms with Crippen LogP contribution in [0.1, 0.15) is 25.0 Å². The van der Waals surface area contributed by atoms with Crippen molar-refractivity contribution in [1.82, 2.24) is 9.78 Å². The van der Waals surface area contributed by atoms with Gasteiger partial charge in [0.1, 0.15) is 5.82 Å². The Morgan fingerprint density at radius 1 is 1.14 bits per heavy atom. The third-order valence-corrected chi connectivity index (χ3v) is 6.30. The molecule has 1 aromatic heterocycles. The van der Waals surface area contributed by atoms with E-state index in [-0.39, 0.29) is 4.90 Å². The van der Waals surface area contributed by atoms with Crippen molar-refractivity contribution in [3.8, 4) is 11.8 Å². The molecule has 2 aromatic carbocycles. The van der Waals surface area contributed by atoms with E-state index in [2.05, 4.69) is 21.7 Å². The van der Waals surface area contributed by atoms with Crippen LogP contribution >= 0.6 is 0 Å². The Bertz CT molecular complexity index is 1140. The molecule has 3 aromatic rings. The van der Waals surface area contributed by atoms with Crippen molar-refractivity contribution < 1.29 is 8.42 Å². The lowest BCUT2D eigenvalue weighted by atomic mass is 10.2. The van der Waals surface area contributed by atoms with Crippen molar-refractivity contribution in [1.29, 1.82) is 5.26 Å². The van der Waals surface area contributed by atoms with E-state index in [1.165, 1.54) is 4.68 Å². The average molecular weight is 393 g/mol. The highest BCUT2D eigenvalue weighted by Crippen LogP contribution is 2.25. The van der Waals surface area contributed by atoms with E-state index in [1.54, 1.807) is 80.9 Å². The van der Waals surface area contributed by atoms with Crippen LogP contribution in [0.2, 0.25) is 0 Å². The number of anilines is 1. The number of aromatic nitrogens is 2. The predicted molar refractivity (Wildman–Crippen MR) is 108 cm³/mol. The summed E-state index contributed by atoms with van der Waals surface area (Å²) in [6.45, 7) is 3.30. The monoisotopic (exact) mass is 393 g/mol. The van der Waals surface area contributed by atoms with Gasteiger partial charge in [-0.2, -0.15) is 15.5 Å². The minimum atomic E-state index is -3.47. The van der Waals surface area contributed by atoms with E-state index in [4.69, 9.17) is 5.26 Å². The van der Waals surface area contributed by atoms with E-state index in [9.17, 15) is 8.42 Å². The molecule has 28 heavy (non-hydrogen) atoms. The van der Waals surface area contributed by atoms with E-state index in [1.807, 2.05) is 0 Å². The van der Waals surface area contributed by atoms with Crippen LogP contribution in [0.5, 0.6) is 0 Å². The van der Waals surface area contributed by atoms with Crippen LogP contribution < -0.4 is 5.43 Å². The summed E-state index contributed by atoms with van der Waals surface area (Å²) >= 11 is 0. The standard InChI is InChI=1S/C20H19N5O2S/c1-15(2)28(26,27)19-6-4-3-5-18(19)25-20(11-12-23-25)24-22-14-17-9-7-16(13-21)8-10-17/h3-12,14-15,24H,1-2H3. The van der Waals surface area contributed by atoms with Crippen molar-refractivity contribution in [3.63, 3.8) is 0 Å². The zero-order chi connectivity index (χ0) is 20.1. The molecular formula is C20H19N5O2S. The summed E-state index contributed by atoms with van der Waals surface area (Å²) in [5.41, 5.74) is 4.74. The summed E-state index contributed by atoms with van der Waals surface area (Å²) in [5, 5.41) is 16.7. The van der Waals surface area contributed by atoms with Gasteiger partial charge in [-0.3, -0.25) is 5.43 Å². The minimum absolute atomic E-state index is 0.216. The second-order valence-corrected chi connectivity index (χ2v) is 8.77. The smallest absolute Gasteiger partial charge is 0.182 e. The number of nitrogens with zero attached hydrogens (tertiary/aromatic N) is 4. The maximum atomic E-state index is 12.7. The molecule has 0 fully saturated rings. The number of rotatable bonds is 6. The lowest BCUT2D eigenvalue weighted by Gasteiger charge is -2.14. The Balaban J connectivity index is 1.89. The van der Waals surface area contributed by atoms with Crippen LogP contribution in [0.25, 0.3) is 5.69 Å². The van der Waals surface area contributed by atoms with Crippen LogP contribution in [-0.4, -0.2) is 29.7 Å². The Morgan fingerprint density at radius 3 is 2.54 bits per heavy atom. The molecule has 7 nitrogen and oxygen atoms in total. The zero-order valence-electron chi connectivity index (χ0n) is 15.4. The fourth-order valence-electron chi connectivity index (χ4n) is 2.52. The van der Waals surface area contributed by atoms with Crippen LogP contribution in [0, 0.1) is 11.3 Å². The molecule has 0 spiro atoms. The van der Waals surface area contributed by atoms with Gasteiger partial charge < -0.3 is 0 Å². The van der Waals surface area contributed by atoms with Gasteiger partial charge in [0.2, 0.25) is 0 Å². The van der Waals surface area contributed by atoms with Crippen molar-refractivity contribution >= 4 is 21.9 Å². The molecule has 0 saturated carbocycles. The van der Waals surface area contributed by atoms with Gasteiger partial charge in [0.05, 0.1) is 39.9 Å². The van der Waals surface area contributed by atoms with E-state index in [0.29, 0.717) is 17.1 Å². The molecule has 0 unspecified atom stereocenters. The number of para-hydroxylation sites is 1. The van der Waals surface area contributed by atoms with Gasteiger partial charge in [0.15, 0.2) is 9.84 Å². The van der Waals surface area contributed by atoms with Crippen LogP contribution in [0.4, 0.5) is 5.82 Å².